The molecule has 9 heteroatoms. The van der Waals surface area contributed by atoms with Crippen LogP contribution in [0.5, 0.6) is 11.5 Å². The van der Waals surface area contributed by atoms with Crippen molar-refractivity contribution in [1.29, 1.82) is 0 Å². The largest absolute Gasteiger partial charge is 0.457 e. The molecule has 0 spiro atoms. The number of carbonyl (C=O) groups is 1. The van der Waals surface area contributed by atoms with E-state index in [1.165, 1.54) is 28.6 Å². The molecule has 1 aromatic heterocycles. The Labute approximate surface area is 163 Å². The molecule has 0 saturated carbocycles. The average Bonchev–Trinajstić information content (AvgIpc) is 3.11. The van der Waals surface area contributed by atoms with E-state index >= 15 is 0 Å². The van der Waals surface area contributed by atoms with Gasteiger partial charge in [-0.2, -0.15) is 17.5 Å². The summed E-state index contributed by atoms with van der Waals surface area (Å²) >= 11 is 1.29. The van der Waals surface area contributed by atoms with Crippen molar-refractivity contribution >= 4 is 33.3 Å². The first kappa shape index (κ1) is 19.9. The topological polar surface area (TPSA) is 54.5 Å². The normalized spacial score (nSPS) is 11.5. The Morgan fingerprint density at radius 1 is 1.18 bits per heavy atom. The molecule has 2 aromatic carbocycles. The number of urea groups is 1. The van der Waals surface area contributed by atoms with E-state index in [2.05, 4.69) is 9.69 Å². The van der Waals surface area contributed by atoms with Crippen molar-refractivity contribution < 1.29 is 22.7 Å². The van der Waals surface area contributed by atoms with Crippen LogP contribution in [0.1, 0.15) is 19.4 Å². The highest BCUT2D eigenvalue weighted by Gasteiger charge is 2.35. The maximum absolute atomic E-state index is 13.6. The van der Waals surface area contributed by atoms with Gasteiger partial charge in [-0.1, -0.05) is 0 Å². The monoisotopic (exact) mass is 409 g/mol. The molecule has 0 aliphatic carbocycles. The van der Waals surface area contributed by atoms with Crippen molar-refractivity contribution in [3.8, 4) is 11.5 Å². The van der Waals surface area contributed by atoms with Gasteiger partial charge in [0.05, 0.1) is 4.70 Å². The number of aromatic nitrogens is 1. The summed E-state index contributed by atoms with van der Waals surface area (Å²) in [6.45, 7) is 4.49. The van der Waals surface area contributed by atoms with E-state index in [-0.39, 0.29) is 17.2 Å². The van der Waals surface area contributed by atoms with Crippen molar-refractivity contribution in [2.24, 2.45) is 0 Å². The SMILES string of the molecule is CCN(CC)C(=O)Nc1ccc(Oc2ccc3sncc3c2)c(C(F)(F)F)c1. The van der Waals surface area contributed by atoms with E-state index < -0.39 is 17.8 Å². The Kier molecular flexibility index (Phi) is 5.73. The second-order valence-electron chi connectivity index (χ2n) is 5.94. The Hall–Kier alpha value is -2.81. The van der Waals surface area contributed by atoms with E-state index in [0.29, 0.717) is 13.1 Å². The summed E-state index contributed by atoms with van der Waals surface area (Å²) in [6.07, 6.45) is -3.01. The molecule has 0 fully saturated rings. The molecule has 2 amide bonds. The fraction of sp³-hybridized carbons (Fsp3) is 0.263. The van der Waals surface area contributed by atoms with E-state index in [1.807, 2.05) is 0 Å². The van der Waals surface area contributed by atoms with E-state index in [1.54, 1.807) is 38.2 Å². The lowest BCUT2D eigenvalue weighted by molar-refractivity contribution is -0.138. The third-order valence-electron chi connectivity index (χ3n) is 4.14. The highest BCUT2D eigenvalue weighted by Crippen LogP contribution is 2.40. The highest BCUT2D eigenvalue weighted by atomic mass is 32.1. The molecule has 0 atom stereocenters. The lowest BCUT2D eigenvalue weighted by atomic mass is 10.1. The molecule has 1 N–H and O–H groups in total. The minimum atomic E-state index is -4.64. The summed E-state index contributed by atoms with van der Waals surface area (Å²) in [4.78, 5) is 13.6. The summed E-state index contributed by atoms with van der Waals surface area (Å²) in [5.74, 6) is -0.0611. The second kappa shape index (κ2) is 8.05. The first-order chi connectivity index (χ1) is 13.3. The van der Waals surface area contributed by atoms with Gasteiger partial charge in [-0.05, 0) is 61.8 Å². The van der Waals surface area contributed by atoms with Crippen LogP contribution < -0.4 is 10.1 Å². The van der Waals surface area contributed by atoms with Crippen LogP contribution in [0.3, 0.4) is 0 Å². The van der Waals surface area contributed by atoms with E-state index in [4.69, 9.17) is 4.74 Å². The van der Waals surface area contributed by atoms with E-state index in [9.17, 15) is 18.0 Å². The van der Waals surface area contributed by atoms with Gasteiger partial charge in [0.2, 0.25) is 0 Å². The van der Waals surface area contributed by atoms with E-state index in [0.717, 1.165) is 16.2 Å². The fourth-order valence-electron chi connectivity index (χ4n) is 2.67. The van der Waals surface area contributed by atoms with Crippen LogP contribution in [0, 0.1) is 0 Å². The van der Waals surface area contributed by atoms with Gasteiger partial charge in [-0.3, -0.25) is 0 Å². The second-order valence-corrected chi connectivity index (χ2v) is 6.77. The third-order valence-corrected chi connectivity index (χ3v) is 4.92. The van der Waals surface area contributed by atoms with Gasteiger partial charge in [0, 0.05) is 30.4 Å². The smallest absolute Gasteiger partial charge is 0.420 e. The minimum Gasteiger partial charge on any atom is -0.457 e. The molecule has 0 unspecified atom stereocenters. The summed E-state index contributed by atoms with van der Waals surface area (Å²) < 4.78 is 51.1. The Morgan fingerprint density at radius 3 is 2.61 bits per heavy atom. The Bertz CT molecular complexity index is 984. The number of alkyl halides is 3. The van der Waals surface area contributed by atoms with Crippen molar-refractivity contribution in [3.63, 3.8) is 0 Å². The maximum Gasteiger partial charge on any atom is 0.420 e. The molecule has 3 aromatic rings. The number of halogens is 3. The number of nitrogens with zero attached hydrogens (tertiary/aromatic N) is 2. The number of carbonyl (C=O) groups excluding carboxylic acids is 1. The predicted molar refractivity (Wildman–Crippen MR) is 103 cm³/mol. The van der Waals surface area contributed by atoms with Crippen molar-refractivity contribution in [2.75, 3.05) is 18.4 Å². The van der Waals surface area contributed by atoms with Gasteiger partial charge in [-0.15, -0.1) is 0 Å². The van der Waals surface area contributed by atoms with Crippen LogP contribution >= 0.6 is 11.5 Å². The number of fused-ring (bicyclic) bond motifs is 1. The number of hydrogen-bond acceptors (Lipinski definition) is 4. The maximum atomic E-state index is 13.6. The Morgan fingerprint density at radius 2 is 1.93 bits per heavy atom. The first-order valence-corrected chi connectivity index (χ1v) is 9.38. The molecular formula is C19H18F3N3O2S. The molecular weight excluding hydrogens is 391 g/mol. The molecule has 0 aliphatic rings. The summed E-state index contributed by atoms with van der Waals surface area (Å²) in [7, 11) is 0. The number of anilines is 1. The number of ether oxygens (including phenoxy) is 1. The standard InChI is InChI=1S/C19H18F3N3O2S/c1-3-25(4-2)18(26)24-13-5-7-16(15(10-13)19(20,21)22)27-14-6-8-17-12(9-14)11-23-28-17/h5-11H,3-4H2,1-2H3,(H,24,26). The molecule has 0 bridgehead atoms. The van der Waals surface area contributed by atoms with Crippen LogP contribution in [-0.4, -0.2) is 28.4 Å². The number of nitrogens with one attached hydrogen (secondary N) is 1. The van der Waals surface area contributed by atoms with Crippen LogP contribution in [0.2, 0.25) is 0 Å². The zero-order valence-corrected chi connectivity index (χ0v) is 16.0. The summed E-state index contributed by atoms with van der Waals surface area (Å²) in [6, 6.07) is 7.98. The predicted octanol–water partition coefficient (Wildman–Crippen LogP) is 5.98. The molecule has 5 nitrogen and oxygen atoms in total. The van der Waals surface area contributed by atoms with Gasteiger partial charge in [0.25, 0.3) is 0 Å². The third kappa shape index (κ3) is 4.36. The van der Waals surface area contributed by atoms with Gasteiger partial charge >= 0.3 is 12.2 Å². The fourth-order valence-corrected chi connectivity index (χ4v) is 3.30. The molecule has 0 saturated heterocycles. The van der Waals surface area contributed by atoms with Gasteiger partial charge in [0.15, 0.2) is 0 Å². The molecule has 148 valence electrons. The number of amides is 2. The molecule has 0 aliphatic heterocycles. The van der Waals surface area contributed by atoms with Crippen LogP contribution in [0.4, 0.5) is 23.7 Å². The van der Waals surface area contributed by atoms with Crippen molar-refractivity contribution in [1.82, 2.24) is 9.27 Å². The zero-order chi connectivity index (χ0) is 20.3. The first-order valence-electron chi connectivity index (χ1n) is 8.61. The van der Waals surface area contributed by atoms with Crippen molar-refractivity contribution in [3.05, 3.63) is 48.2 Å². The number of benzene rings is 2. The molecule has 0 radical (unpaired) electrons. The number of rotatable bonds is 5. The molecule has 28 heavy (non-hydrogen) atoms. The van der Waals surface area contributed by atoms with Crippen LogP contribution in [0.15, 0.2) is 42.6 Å². The number of hydrogen-bond donors (Lipinski definition) is 1. The van der Waals surface area contributed by atoms with Crippen LogP contribution in [-0.2, 0) is 6.18 Å². The lowest BCUT2D eigenvalue weighted by Gasteiger charge is -2.20. The van der Waals surface area contributed by atoms with Crippen molar-refractivity contribution in [2.45, 2.75) is 20.0 Å². The minimum absolute atomic E-state index is 0.0501. The van der Waals surface area contributed by atoms with Gasteiger partial charge < -0.3 is 15.0 Å². The summed E-state index contributed by atoms with van der Waals surface area (Å²) in [5, 5.41) is 3.28. The zero-order valence-electron chi connectivity index (χ0n) is 15.2. The lowest BCUT2D eigenvalue weighted by Crippen LogP contribution is -2.34. The summed E-state index contributed by atoms with van der Waals surface area (Å²) in [5.41, 5.74) is -0.914. The molecule has 3 rings (SSSR count). The highest BCUT2D eigenvalue weighted by molar-refractivity contribution is 7.13. The van der Waals surface area contributed by atoms with Crippen LogP contribution in [0.25, 0.3) is 10.1 Å². The molecule has 1 heterocycles. The van der Waals surface area contributed by atoms with Gasteiger partial charge in [-0.25, -0.2) is 4.79 Å². The van der Waals surface area contributed by atoms with Gasteiger partial charge in [0.1, 0.15) is 17.1 Å². The quantitative estimate of drug-likeness (QED) is 0.564. The Balaban J connectivity index is 1.89. The average molecular weight is 409 g/mol.